The molecule has 0 aliphatic carbocycles. The maximum Gasteiger partial charge on any atom is 0.134 e. The first kappa shape index (κ1) is 12.9. The van der Waals surface area contributed by atoms with Crippen molar-refractivity contribution >= 4 is 45.5 Å². The van der Waals surface area contributed by atoms with E-state index in [-0.39, 0.29) is 5.82 Å². The summed E-state index contributed by atoms with van der Waals surface area (Å²) in [6.45, 7) is 0. The zero-order chi connectivity index (χ0) is 13.6. The van der Waals surface area contributed by atoms with Crippen molar-refractivity contribution in [3.63, 3.8) is 0 Å². The summed E-state index contributed by atoms with van der Waals surface area (Å²) in [5, 5.41) is 0.669. The zero-order valence-electron chi connectivity index (χ0n) is 9.49. The van der Waals surface area contributed by atoms with Gasteiger partial charge in [-0.1, -0.05) is 23.2 Å². The van der Waals surface area contributed by atoms with Crippen molar-refractivity contribution in [3.05, 3.63) is 56.1 Å². The third-order valence-corrected chi connectivity index (χ3v) is 4.34. The van der Waals surface area contributed by atoms with Crippen LogP contribution >= 0.6 is 34.5 Å². The van der Waals surface area contributed by atoms with Crippen molar-refractivity contribution in [2.75, 3.05) is 0 Å². The molecule has 3 aromatic rings. The number of hydrogen-bond donors (Lipinski definition) is 1. The monoisotopic (exact) mass is 315 g/mol. The Balaban J connectivity index is 2.06. The minimum atomic E-state index is -0.522. The maximum atomic E-state index is 13.1. The number of fused-ring (bicyclic) bond motifs is 1. The van der Waals surface area contributed by atoms with Gasteiger partial charge < -0.3 is 10.2 Å². The van der Waals surface area contributed by atoms with Crippen molar-refractivity contribution in [2.45, 2.75) is 6.04 Å². The van der Waals surface area contributed by atoms with Gasteiger partial charge in [-0.3, -0.25) is 0 Å². The molecule has 0 aliphatic heterocycles. The van der Waals surface area contributed by atoms with Gasteiger partial charge >= 0.3 is 0 Å². The van der Waals surface area contributed by atoms with Crippen molar-refractivity contribution in [1.29, 1.82) is 0 Å². The average Bonchev–Trinajstić information content (AvgIpc) is 2.91. The molecule has 0 saturated heterocycles. The molecule has 2 nitrogen and oxygen atoms in total. The molecule has 0 aliphatic rings. The van der Waals surface area contributed by atoms with E-state index in [0.29, 0.717) is 31.0 Å². The third kappa shape index (κ3) is 2.37. The summed E-state index contributed by atoms with van der Waals surface area (Å²) in [5.74, 6) is 0.210. The molecule has 1 aromatic carbocycles. The van der Waals surface area contributed by atoms with Crippen LogP contribution in [0.5, 0.6) is 0 Å². The highest BCUT2D eigenvalue weighted by Gasteiger charge is 2.19. The summed E-state index contributed by atoms with van der Waals surface area (Å²) < 4.78 is 19.8. The second-order valence-electron chi connectivity index (χ2n) is 4.09. The molecule has 0 spiro atoms. The molecule has 3 rings (SSSR count). The van der Waals surface area contributed by atoms with Crippen LogP contribution in [0.4, 0.5) is 4.39 Å². The molecule has 2 heterocycles. The molecule has 98 valence electrons. The van der Waals surface area contributed by atoms with Gasteiger partial charge in [-0.05, 0) is 30.3 Å². The van der Waals surface area contributed by atoms with Crippen LogP contribution in [0.2, 0.25) is 8.67 Å². The molecule has 0 radical (unpaired) electrons. The van der Waals surface area contributed by atoms with Crippen molar-refractivity contribution in [1.82, 2.24) is 0 Å². The summed E-state index contributed by atoms with van der Waals surface area (Å²) in [6.07, 6.45) is 0. The highest BCUT2D eigenvalue weighted by molar-refractivity contribution is 7.20. The molecular formula is C13H8Cl2FNOS. The Morgan fingerprint density at radius 2 is 2.00 bits per heavy atom. The Bertz CT molecular complexity index is 752. The van der Waals surface area contributed by atoms with Gasteiger partial charge in [-0.25, -0.2) is 4.39 Å². The molecular weight excluding hydrogens is 308 g/mol. The van der Waals surface area contributed by atoms with E-state index in [2.05, 4.69) is 0 Å². The average molecular weight is 316 g/mol. The minimum Gasteiger partial charge on any atom is -0.459 e. The predicted octanol–water partition coefficient (Wildman–Crippen LogP) is 4.99. The largest absolute Gasteiger partial charge is 0.459 e. The quantitative estimate of drug-likeness (QED) is 0.723. The fraction of sp³-hybridized carbons (Fsp3) is 0.0769. The van der Waals surface area contributed by atoms with Crippen LogP contribution in [-0.4, -0.2) is 0 Å². The SMILES string of the molecule is NC(c1cc2cc(F)ccc2o1)c1cc(Cl)sc1Cl. The van der Waals surface area contributed by atoms with E-state index in [0.717, 1.165) is 0 Å². The fourth-order valence-electron chi connectivity index (χ4n) is 1.91. The second kappa shape index (κ2) is 4.80. The van der Waals surface area contributed by atoms with E-state index in [1.807, 2.05) is 0 Å². The van der Waals surface area contributed by atoms with E-state index in [4.69, 9.17) is 33.4 Å². The fourth-order valence-corrected chi connectivity index (χ4v) is 3.46. The molecule has 19 heavy (non-hydrogen) atoms. The molecule has 0 bridgehead atoms. The standard InChI is InChI=1S/C13H8Cl2FNOS/c14-11-5-8(13(15)19-11)12(17)10-4-6-3-7(16)1-2-9(6)18-10/h1-5,12H,17H2. The lowest BCUT2D eigenvalue weighted by Gasteiger charge is -2.06. The number of benzene rings is 1. The van der Waals surface area contributed by atoms with Crippen molar-refractivity contribution in [3.8, 4) is 0 Å². The van der Waals surface area contributed by atoms with E-state index >= 15 is 0 Å². The number of hydrogen-bond acceptors (Lipinski definition) is 3. The molecule has 2 aromatic heterocycles. The first-order valence-corrected chi connectivity index (χ1v) is 7.01. The molecule has 0 fully saturated rings. The van der Waals surface area contributed by atoms with E-state index < -0.39 is 6.04 Å². The maximum absolute atomic E-state index is 13.1. The Hall–Kier alpha value is -1.07. The summed E-state index contributed by atoms with van der Waals surface area (Å²) in [6, 6.07) is 7.22. The van der Waals surface area contributed by atoms with Gasteiger partial charge in [0.1, 0.15) is 17.2 Å². The lowest BCUT2D eigenvalue weighted by molar-refractivity contribution is 0.525. The first-order valence-electron chi connectivity index (χ1n) is 5.44. The normalized spacial score (nSPS) is 13.1. The first-order chi connectivity index (χ1) is 9.04. The molecule has 1 atom stereocenters. The van der Waals surface area contributed by atoms with Crippen LogP contribution in [0.25, 0.3) is 11.0 Å². The number of furan rings is 1. The highest BCUT2D eigenvalue weighted by Crippen LogP contribution is 2.37. The predicted molar refractivity (Wildman–Crippen MR) is 76.5 cm³/mol. The Kier molecular flexibility index (Phi) is 3.27. The summed E-state index contributed by atoms with van der Waals surface area (Å²) >= 11 is 13.2. The Morgan fingerprint density at radius 1 is 1.21 bits per heavy atom. The van der Waals surface area contributed by atoms with Crippen molar-refractivity contribution < 1.29 is 8.81 Å². The van der Waals surface area contributed by atoms with Crippen LogP contribution in [0.3, 0.4) is 0 Å². The Labute approximate surface area is 122 Å². The van der Waals surface area contributed by atoms with Crippen LogP contribution in [0, 0.1) is 5.82 Å². The summed E-state index contributed by atoms with van der Waals surface area (Å²) in [5.41, 5.74) is 7.40. The summed E-state index contributed by atoms with van der Waals surface area (Å²) in [4.78, 5) is 0. The second-order valence-corrected chi connectivity index (χ2v) is 6.37. The third-order valence-electron chi connectivity index (χ3n) is 2.82. The lowest BCUT2D eigenvalue weighted by Crippen LogP contribution is -2.10. The smallest absolute Gasteiger partial charge is 0.134 e. The van der Waals surface area contributed by atoms with Crippen molar-refractivity contribution in [2.24, 2.45) is 5.73 Å². The molecule has 6 heteroatoms. The van der Waals surface area contributed by atoms with Gasteiger partial charge in [0.2, 0.25) is 0 Å². The molecule has 0 amide bonds. The van der Waals surface area contributed by atoms with Crippen LogP contribution in [0.1, 0.15) is 17.4 Å². The topological polar surface area (TPSA) is 39.2 Å². The van der Waals surface area contributed by atoms with Gasteiger partial charge in [0, 0.05) is 10.9 Å². The number of thiophene rings is 1. The molecule has 0 saturated carbocycles. The molecule has 2 N–H and O–H groups in total. The van der Waals surface area contributed by atoms with Gasteiger partial charge in [0.25, 0.3) is 0 Å². The minimum absolute atomic E-state index is 0.315. The van der Waals surface area contributed by atoms with Gasteiger partial charge in [-0.15, -0.1) is 11.3 Å². The number of rotatable bonds is 2. The van der Waals surface area contributed by atoms with E-state index in [1.165, 1.54) is 23.5 Å². The lowest BCUT2D eigenvalue weighted by atomic mass is 10.1. The van der Waals surface area contributed by atoms with Crippen LogP contribution in [0.15, 0.2) is 34.7 Å². The van der Waals surface area contributed by atoms with Crippen LogP contribution < -0.4 is 5.73 Å². The van der Waals surface area contributed by atoms with Gasteiger partial charge in [0.15, 0.2) is 0 Å². The van der Waals surface area contributed by atoms with Gasteiger partial charge in [0.05, 0.1) is 14.7 Å². The Morgan fingerprint density at radius 3 is 2.68 bits per heavy atom. The van der Waals surface area contributed by atoms with E-state index in [9.17, 15) is 4.39 Å². The number of nitrogens with two attached hydrogens (primary N) is 1. The zero-order valence-corrected chi connectivity index (χ0v) is 11.8. The van der Waals surface area contributed by atoms with E-state index in [1.54, 1.807) is 18.2 Å². The highest BCUT2D eigenvalue weighted by atomic mass is 35.5. The number of halogens is 3. The van der Waals surface area contributed by atoms with Gasteiger partial charge in [-0.2, -0.15) is 0 Å². The molecule has 1 unspecified atom stereocenters. The summed E-state index contributed by atoms with van der Waals surface area (Å²) in [7, 11) is 0. The van der Waals surface area contributed by atoms with Crippen LogP contribution in [-0.2, 0) is 0 Å².